The van der Waals surface area contributed by atoms with Crippen LogP contribution in [0.2, 0.25) is 0 Å². The van der Waals surface area contributed by atoms with Gasteiger partial charge in [0.15, 0.2) is 0 Å². The number of rotatable bonds is 3. The SMILES string of the molecule is CCCN1CCN(c2ccc3c(c2)NCCC3)CC1. The minimum atomic E-state index is 1.13. The molecule has 2 heterocycles. The van der Waals surface area contributed by atoms with Crippen molar-refractivity contribution in [3.8, 4) is 0 Å². The Bertz CT molecular complexity index is 422. The molecule has 0 aliphatic carbocycles. The molecular weight excluding hydrogens is 234 g/mol. The number of hydrogen-bond acceptors (Lipinski definition) is 3. The maximum atomic E-state index is 3.53. The highest BCUT2D eigenvalue weighted by atomic mass is 15.3. The second-order valence-electron chi connectivity index (χ2n) is 5.70. The van der Waals surface area contributed by atoms with Crippen molar-refractivity contribution in [2.24, 2.45) is 0 Å². The summed E-state index contributed by atoms with van der Waals surface area (Å²) in [5.74, 6) is 0. The van der Waals surface area contributed by atoms with E-state index < -0.39 is 0 Å². The summed E-state index contributed by atoms with van der Waals surface area (Å²) in [4.78, 5) is 5.11. The highest BCUT2D eigenvalue weighted by Crippen LogP contribution is 2.27. The van der Waals surface area contributed by atoms with E-state index in [1.54, 1.807) is 0 Å². The van der Waals surface area contributed by atoms with E-state index in [9.17, 15) is 0 Å². The Morgan fingerprint density at radius 2 is 2.00 bits per heavy atom. The molecule has 104 valence electrons. The van der Waals surface area contributed by atoms with Crippen LogP contribution in [0.3, 0.4) is 0 Å². The van der Waals surface area contributed by atoms with Crippen molar-refractivity contribution < 1.29 is 0 Å². The third-order valence-electron chi connectivity index (χ3n) is 4.31. The third-order valence-corrected chi connectivity index (χ3v) is 4.31. The highest BCUT2D eigenvalue weighted by molar-refractivity contribution is 5.63. The zero-order chi connectivity index (χ0) is 13.1. The maximum absolute atomic E-state index is 3.53. The number of hydrogen-bond donors (Lipinski definition) is 1. The van der Waals surface area contributed by atoms with E-state index in [0.29, 0.717) is 0 Å². The van der Waals surface area contributed by atoms with Gasteiger partial charge in [-0.15, -0.1) is 0 Å². The average molecular weight is 259 g/mol. The first-order valence-electron chi connectivity index (χ1n) is 7.71. The number of nitrogens with zero attached hydrogens (tertiary/aromatic N) is 2. The number of anilines is 2. The monoisotopic (exact) mass is 259 g/mol. The molecule has 0 aromatic heterocycles. The van der Waals surface area contributed by atoms with Crippen LogP contribution in [-0.2, 0) is 6.42 Å². The predicted molar refractivity (Wildman–Crippen MR) is 82.2 cm³/mol. The summed E-state index contributed by atoms with van der Waals surface area (Å²) in [6.07, 6.45) is 3.76. The van der Waals surface area contributed by atoms with E-state index in [1.807, 2.05) is 0 Å². The lowest BCUT2D eigenvalue weighted by Gasteiger charge is -2.36. The van der Waals surface area contributed by atoms with Crippen molar-refractivity contribution in [3.05, 3.63) is 23.8 Å². The molecule has 1 aromatic rings. The first-order valence-corrected chi connectivity index (χ1v) is 7.71. The second kappa shape index (κ2) is 5.83. The van der Waals surface area contributed by atoms with Gasteiger partial charge in [0.1, 0.15) is 0 Å². The first kappa shape index (κ1) is 12.8. The summed E-state index contributed by atoms with van der Waals surface area (Å²) in [5, 5.41) is 3.53. The maximum Gasteiger partial charge on any atom is 0.0393 e. The van der Waals surface area contributed by atoms with Gasteiger partial charge in [-0.05, 0) is 43.5 Å². The highest BCUT2D eigenvalue weighted by Gasteiger charge is 2.17. The molecule has 3 rings (SSSR count). The molecule has 0 radical (unpaired) electrons. The first-order chi connectivity index (χ1) is 9.36. The molecule has 0 bridgehead atoms. The van der Waals surface area contributed by atoms with Crippen LogP contribution >= 0.6 is 0 Å². The van der Waals surface area contributed by atoms with Crippen LogP contribution in [0.15, 0.2) is 18.2 Å². The summed E-state index contributed by atoms with van der Waals surface area (Å²) in [7, 11) is 0. The summed E-state index contributed by atoms with van der Waals surface area (Å²) in [5.41, 5.74) is 4.24. The summed E-state index contributed by atoms with van der Waals surface area (Å²) >= 11 is 0. The molecule has 3 nitrogen and oxygen atoms in total. The Kier molecular flexibility index (Phi) is 3.92. The molecule has 0 amide bonds. The van der Waals surface area contributed by atoms with Crippen molar-refractivity contribution in [1.82, 2.24) is 4.90 Å². The molecule has 0 saturated carbocycles. The fraction of sp³-hybridized carbons (Fsp3) is 0.625. The molecule has 0 unspecified atom stereocenters. The minimum absolute atomic E-state index is 1.13. The molecule has 2 aliphatic rings. The van der Waals surface area contributed by atoms with Crippen LogP contribution in [0.25, 0.3) is 0 Å². The Hall–Kier alpha value is -1.22. The molecule has 19 heavy (non-hydrogen) atoms. The third kappa shape index (κ3) is 2.86. The summed E-state index contributed by atoms with van der Waals surface area (Å²) in [6.45, 7) is 9.39. The molecule has 1 aromatic carbocycles. The van der Waals surface area contributed by atoms with Gasteiger partial charge in [0.05, 0.1) is 0 Å². The lowest BCUT2D eigenvalue weighted by Crippen LogP contribution is -2.46. The average Bonchev–Trinajstić information content (AvgIpc) is 2.48. The smallest absolute Gasteiger partial charge is 0.0393 e. The van der Waals surface area contributed by atoms with Gasteiger partial charge in [0, 0.05) is 44.1 Å². The van der Waals surface area contributed by atoms with Crippen LogP contribution in [0.4, 0.5) is 11.4 Å². The molecule has 1 N–H and O–H groups in total. The Balaban J connectivity index is 1.66. The summed E-state index contributed by atoms with van der Waals surface area (Å²) < 4.78 is 0. The molecular formula is C16H25N3. The molecule has 3 heteroatoms. The standard InChI is InChI=1S/C16H25N3/c1-2-8-18-9-11-19(12-10-18)15-6-5-14-4-3-7-17-16(14)13-15/h5-6,13,17H,2-4,7-12H2,1H3. The quantitative estimate of drug-likeness (QED) is 0.900. The zero-order valence-electron chi connectivity index (χ0n) is 12.0. The molecule has 1 saturated heterocycles. The van der Waals surface area contributed by atoms with Gasteiger partial charge in [-0.25, -0.2) is 0 Å². The fourth-order valence-corrected chi connectivity index (χ4v) is 3.19. The fourth-order valence-electron chi connectivity index (χ4n) is 3.19. The van der Waals surface area contributed by atoms with Crippen LogP contribution in [0.5, 0.6) is 0 Å². The largest absolute Gasteiger partial charge is 0.385 e. The van der Waals surface area contributed by atoms with Crippen molar-refractivity contribution in [2.45, 2.75) is 26.2 Å². The number of fused-ring (bicyclic) bond motifs is 1. The van der Waals surface area contributed by atoms with Gasteiger partial charge in [-0.1, -0.05) is 13.0 Å². The van der Waals surface area contributed by atoms with Crippen molar-refractivity contribution in [2.75, 3.05) is 49.5 Å². The summed E-state index contributed by atoms with van der Waals surface area (Å²) in [6, 6.07) is 6.97. The normalized spacial score (nSPS) is 19.9. The van der Waals surface area contributed by atoms with Gasteiger partial charge >= 0.3 is 0 Å². The van der Waals surface area contributed by atoms with Crippen LogP contribution in [0, 0.1) is 0 Å². The number of piperazine rings is 1. The van der Waals surface area contributed by atoms with Crippen LogP contribution in [-0.4, -0.2) is 44.2 Å². The lowest BCUT2D eigenvalue weighted by molar-refractivity contribution is 0.258. The van der Waals surface area contributed by atoms with Crippen molar-refractivity contribution in [1.29, 1.82) is 0 Å². The van der Waals surface area contributed by atoms with Crippen molar-refractivity contribution >= 4 is 11.4 Å². The Morgan fingerprint density at radius 1 is 1.16 bits per heavy atom. The van der Waals surface area contributed by atoms with E-state index in [1.165, 1.54) is 68.9 Å². The number of nitrogens with one attached hydrogen (secondary N) is 1. The molecule has 0 atom stereocenters. The van der Waals surface area contributed by atoms with Gasteiger partial charge in [-0.2, -0.15) is 0 Å². The topological polar surface area (TPSA) is 18.5 Å². The van der Waals surface area contributed by atoms with Gasteiger partial charge in [-0.3, -0.25) is 4.90 Å². The number of benzene rings is 1. The second-order valence-corrected chi connectivity index (χ2v) is 5.70. The molecule has 2 aliphatic heterocycles. The van der Waals surface area contributed by atoms with Gasteiger partial charge in [0.2, 0.25) is 0 Å². The predicted octanol–water partition coefficient (Wildman–Crippen LogP) is 2.58. The van der Waals surface area contributed by atoms with E-state index in [-0.39, 0.29) is 0 Å². The van der Waals surface area contributed by atoms with E-state index in [4.69, 9.17) is 0 Å². The number of aryl methyl sites for hydroxylation is 1. The van der Waals surface area contributed by atoms with Gasteiger partial charge in [0.25, 0.3) is 0 Å². The zero-order valence-corrected chi connectivity index (χ0v) is 12.0. The van der Waals surface area contributed by atoms with Crippen LogP contribution in [0.1, 0.15) is 25.3 Å². The van der Waals surface area contributed by atoms with E-state index in [0.717, 1.165) is 6.54 Å². The van der Waals surface area contributed by atoms with Crippen LogP contribution < -0.4 is 10.2 Å². The molecule has 1 fully saturated rings. The Morgan fingerprint density at radius 3 is 2.79 bits per heavy atom. The minimum Gasteiger partial charge on any atom is -0.385 e. The molecule has 0 spiro atoms. The van der Waals surface area contributed by atoms with Crippen molar-refractivity contribution in [3.63, 3.8) is 0 Å². The van der Waals surface area contributed by atoms with E-state index in [2.05, 4.69) is 40.2 Å². The van der Waals surface area contributed by atoms with Gasteiger partial charge < -0.3 is 10.2 Å². The van der Waals surface area contributed by atoms with E-state index >= 15 is 0 Å². The lowest BCUT2D eigenvalue weighted by atomic mass is 10.0. The Labute approximate surface area is 116 Å².